The van der Waals surface area contributed by atoms with Crippen molar-refractivity contribution < 1.29 is 37.3 Å². The fraction of sp³-hybridized carbons (Fsp3) is 0.185. The van der Waals surface area contributed by atoms with Gasteiger partial charge in [-0.05, 0) is 48.9 Å². The van der Waals surface area contributed by atoms with E-state index in [0.717, 1.165) is 5.56 Å². The van der Waals surface area contributed by atoms with Gasteiger partial charge in [0.2, 0.25) is 5.89 Å². The lowest BCUT2D eigenvalue weighted by Crippen LogP contribution is -2.23. The molecule has 192 valence electrons. The Balaban J connectivity index is 1.42. The minimum absolute atomic E-state index is 0.0432. The fourth-order valence-electron chi connectivity index (χ4n) is 3.43. The summed E-state index contributed by atoms with van der Waals surface area (Å²) < 4.78 is 45.8. The summed E-state index contributed by atoms with van der Waals surface area (Å²) in [5, 5.41) is 12.7. The number of carbonyl (C=O) groups is 1. The van der Waals surface area contributed by atoms with Crippen LogP contribution in [0.25, 0.3) is 11.5 Å². The zero-order chi connectivity index (χ0) is 26.2. The number of nitrogens with zero attached hydrogens (tertiary/aromatic N) is 1. The molecular formula is C27H24F2N2O6. The van der Waals surface area contributed by atoms with E-state index in [0.29, 0.717) is 41.5 Å². The largest absolute Gasteiger partial charge is 0.504 e. The van der Waals surface area contributed by atoms with E-state index < -0.39 is 18.3 Å². The summed E-state index contributed by atoms with van der Waals surface area (Å²) in [6, 6.07) is 18.5. The molecular weight excluding hydrogens is 486 g/mol. The van der Waals surface area contributed by atoms with Crippen molar-refractivity contribution in [2.24, 2.45) is 0 Å². The molecule has 10 heteroatoms. The number of hydrogen-bond donors (Lipinski definition) is 2. The van der Waals surface area contributed by atoms with Crippen LogP contribution in [0.2, 0.25) is 0 Å². The normalized spacial score (nSPS) is 10.8. The van der Waals surface area contributed by atoms with Gasteiger partial charge in [-0.15, -0.1) is 0 Å². The van der Waals surface area contributed by atoms with E-state index in [1.165, 1.54) is 24.5 Å². The van der Waals surface area contributed by atoms with E-state index in [-0.39, 0.29) is 18.2 Å². The second kappa shape index (κ2) is 11.9. The Labute approximate surface area is 211 Å². The SMILES string of the molecule is CCOc1ccc(OCc2ccccc2)cc1C(=O)NCc1coc(-c2ccc(OC(F)F)c(O)c2)n1. The zero-order valence-electron chi connectivity index (χ0n) is 19.8. The monoisotopic (exact) mass is 510 g/mol. The number of phenolic OH excluding ortho intramolecular Hbond substituents is 1. The number of alkyl halides is 2. The number of aromatic hydroxyl groups is 1. The molecule has 0 atom stereocenters. The van der Waals surface area contributed by atoms with Gasteiger partial charge in [0.15, 0.2) is 11.5 Å². The van der Waals surface area contributed by atoms with Gasteiger partial charge in [-0.1, -0.05) is 30.3 Å². The first-order valence-electron chi connectivity index (χ1n) is 11.4. The van der Waals surface area contributed by atoms with Crippen LogP contribution in [0.5, 0.6) is 23.0 Å². The molecule has 0 aliphatic heterocycles. The number of halogens is 2. The van der Waals surface area contributed by atoms with E-state index in [9.17, 15) is 18.7 Å². The van der Waals surface area contributed by atoms with Gasteiger partial charge in [0, 0.05) is 5.56 Å². The molecule has 0 radical (unpaired) electrons. The van der Waals surface area contributed by atoms with Crippen molar-refractivity contribution in [3.63, 3.8) is 0 Å². The molecule has 8 nitrogen and oxygen atoms in total. The molecule has 37 heavy (non-hydrogen) atoms. The maximum Gasteiger partial charge on any atom is 0.387 e. The Bertz CT molecular complexity index is 1340. The summed E-state index contributed by atoms with van der Waals surface area (Å²) in [5.74, 6) is -0.185. The van der Waals surface area contributed by atoms with Gasteiger partial charge < -0.3 is 29.1 Å². The Morgan fingerprint density at radius 1 is 1.05 bits per heavy atom. The van der Waals surface area contributed by atoms with Crippen LogP contribution in [0.15, 0.2) is 77.4 Å². The van der Waals surface area contributed by atoms with Gasteiger partial charge in [0.05, 0.1) is 24.4 Å². The highest BCUT2D eigenvalue weighted by Gasteiger charge is 2.17. The Morgan fingerprint density at radius 3 is 2.57 bits per heavy atom. The van der Waals surface area contributed by atoms with Crippen LogP contribution in [-0.4, -0.2) is 29.2 Å². The Kier molecular flexibility index (Phi) is 8.19. The number of ether oxygens (including phenoxy) is 3. The number of phenols is 1. The summed E-state index contributed by atoms with van der Waals surface area (Å²) in [6.07, 6.45) is 1.35. The highest BCUT2D eigenvalue weighted by molar-refractivity contribution is 5.97. The lowest BCUT2D eigenvalue weighted by molar-refractivity contribution is -0.0512. The molecule has 2 N–H and O–H groups in total. The van der Waals surface area contributed by atoms with Crippen molar-refractivity contribution in [1.29, 1.82) is 0 Å². The van der Waals surface area contributed by atoms with E-state index in [1.807, 2.05) is 37.3 Å². The number of benzene rings is 3. The summed E-state index contributed by atoms with van der Waals surface area (Å²) in [6.45, 7) is -0.467. The van der Waals surface area contributed by atoms with Crippen molar-refractivity contribution in [2.75, 3.05) is 6.61 Å². The molecule has 4 aromatic rings. The van der Waals surface area contributed by atoms with Gasteiger partial charge in [-0.3, -0.25) is 4.79 Å². The molecule has 0 unspecified atom stereocenters. The smallest absolute Gasteiger partial charge is 0.387 e. The summed E-state index contributed by atoms with van der Waals surface area (Å²) in [7, 11) is 0. The van der Waals surface area contributed by atoms with Crippen molar-refractivity contribution >= 4 is 5.91 Å². The minimum atomic E-state index is -3.06. The first-order chi connectivity index (χ1) is 17.9. The van der Waals surface area contributed by atoms with Crippen LogP contribution < -0.4 is 19.5 Å². The first kappa shape index (κ1) is 25.5. The number of hydrogen-bond acceptors (Lipinski definition) is 7. The predicted octanol–water partition coefficient (Wildman–Crippen LogP) is 5.56. The molecule has 0 saturated heterocycles. The lowest BCUT2D eigenvalue weighted by Gasteiger charge is -2.13. The maximum atomic E-state index is 13.0. The summed E-state index contributed by atoms with van der Waals surface area (Å²) >= 11 is 0. The van der Waals surface area contributed by atoms with Crippen molar-refractivity contribution in [2.45, 2.75) is 26.7 Å². The molecule has 0 aliphatic rings. The Hall–Kier alpha value is -4.60. The average molecular weight is 510 g/mol. The highest BCUT2D eigenvalue weighted by Crippen LogP contribution is 2.32. The lowest BCUT2D eigenvalue weighted by atomic mass is 10.1. The average Bonchev–Trinajstić information content (AvgIpc) is 3.37. The van der Waals surface area contributed by atoms with Crippen LogP contribution in [0.4, 0.5) is 8.78 Å². The summed E-state index contributed by atoms with van der Waals surface area (Å²) in [5.41, 5.74) is 2.05. The molecule has 0 spiro atoms. The number of rotatable bonds is 11. The third kappa shape index (κ3) is 6.75. The van der Waals surface area contributed by atoms with E-state index in [2.05, 4.69) is 15.0 Å². The Morgan fingerprint density at radius 2 is 1.84 bits per heavy atom. The van der Waals surface area contributed by atoms with Crippen LogP contribution in [0.1, 0.15) is 28.5 Å². The fourth-order valence-corrected chi connectivity index (χ4v) is 3.43. The molecule has 0 aliphatic carbocycles. The van der Waals surface area contributed by atoms with Gasteiger partial charge in [0.1, 0.15) is 24.4 Å². The molecule has 0 bridgehead atoms. The maximum absolute atomic E-state index is 13.0. The predicted molar refractivity (Wildman–Crippen MR) is 130 cm³/mol. The number of nitrogens with one attached hydrogen (secondary N) is 1. The van der Waals surface area contributed by atoms with Crippen LogP contribution in [-0.2, 0) is 13.2 Å². The molecule has 1 amide bonds. The molecule has 0 saturated carbocycles. The first-order valence-corrected chi connectivity index (χ1v) is 11.4. The van der Waals surface area contributed by atoms with Crippen molar-refractivity contribution in [3.05, 3.63) is 89.8 Å². The number of carbonyl (C=O) groups excluding carboxylic acids is 1. The zero-order valence-corrected chi connectivity index (χ0v) is 19.8. The second-order valence-electron chi connectivity index (χ2n) is 7.75. The van der Waals surface area contributed by atoms with E-state index >= 15 is 0 Å². The molecule has 1 aromatic heterocycles. The topological polar surface area (TPSA) is 103 Å². The summed E-state index contributed by atoms with van der Waals surface area (Å²) in [4.78, 5) is 17.3. The van der Waals surface area contributed by atoms with Crippen LogP contribution in [0.3, 0.4) is 0 Å². The van der Waals surface area contributed by atoms with E-state index in [4.69, 9.17) is 13.9 Å². The highest BCUT2D eigenvalue weighted by atomic mass is 19.3. The number of oxazole rings is 1. The van der Waals surface area contributed by atoms with E-state index in [1.54, 1.807) is 18.2 Å². The molecule has 1 heterocycles. The van der Waals surface area contributed by atoms with Gasteiger partial charge in [-0.25, -0.2) is 4.98 Å². The van der Waals surface area contributed by atoms with Crippen LogP contribution in [0, 0.1) is 0 Å². The minimum Gasteiger partial charge on any atom is -0.504 e. The molecule has 3 aromatic carbocycles. The standard InChI is InChI=1S/C27H24F2N2O6/c1-2-34-23-11-9-20(35-15-17-6-4-3-5-7-17)13-21(23)25(33)30-14-19-16-36-26(31-19)18-8-10-24(22(32)12-18)37-27(28)29/h3-13,16,27,32H,2,14-15H2,1H3,(H,30,33). The second-order valence-corrected chi connectivity index (χ2v) is 7.75. The van der Waals surface area contributed by atoms with Gasteiger partial charge in [-0.2, -0.15) is 8.78 Å². The third-order valence-electron chi connectivity index (χ3n) is 5.15. The van der Waals surface area contributed by atoms with Crippen molar-refractivity contribution in [3.8, 4) is 34.5 Å². The number of amides is 1. The van der Waals surface area contributed by atoms with Crippen molar-refractivity contribution in [1.82, 2.24) is 10.3 Å². The quantitative estimate of drug-likeness (QED) is 0.272. The molecule has 0 fully saturated rings. The molecule has 4 rings (SSSR count). The van der Waals surface area contributed by atoms with Gasteiger partial charge in [0.25, 0.3) is 5.91 Å². The number of aromatic nitrogens is 1. The van der Waals surface area contributed by atoms with Gasteiger partial charge >= 0.3 is 6.61 Å². The van der Waals surface area contributed by atoms with Crippen LogP contribution >= 0.6 is 0 Å². The third-order valence-corrected chi connectivity index (χ3v) is 5.15.